The lowest BCUT2D eigenvalue weighted by Gasteiger charge is -2.17. The molecule has 0 radical (unpaired) electrons. The number of phenols is 1. The van der Waals surface area contributed by atoms with Crippen LogP contribution in [-0.2, 0) is 4.79 Å². The first-order chi connectivity index (χ1) is 7.61. The number of nitrogens with two attached hydrogens (primary N) is 1. The highest BCUT2D eigenvalue weighted by molar-refractivity contribution is 5.97. The van der Waals surface area contributed by atoms with E-state index >= 15 is 0 Å². The lowest BCUT2D eigenvalue weighted by atomic mass is 10.2. The van der Waals surface area contributed by atoms with Crippen LogP contribution < -0.4 is 10.6 Å². The molecule has 0 aliphatic carbocycles. The number of carbonyl (C=O) groups is 1. The van der Waals surface area contributed by atoms with Gasteiger partial charge in [0, 0.05) is 19.0 Å². The highest BCUT2D eigenvalue weighted by atomic mass is 16.3. The zero-order valence-electron chi connectivity index (χ0n) is 8.55. The third-order valence-corrected chi connectivity index (χ3v) is 2.55. The Bertz CT molecular complexity index is 479. The van der Waals surface area contributed by atoms with Gasteiger partial charge in [-0.05, 0) is 18.2 Å². The molecule has 3 N–H and O–H groups in total. The zero-order valence-corrected chi connectivity index (χ0v) is 8.55. The van der Waals surface area contributed by atoms with Gasteiger partial charge in [0.2, 0.25) is 5.91 Å². The summed E-state index contributed by atoms with van der Waals surface area (Å²) in [6.45, 7) is 0.376. The molecule has 1 aromatic rings. The second kappa shape index (κ2) is 3.83. The molecule has 1 aliphatic heterocycles. The summed E-state index contributed by atoms with van der Waals surface area (Å²) in [6.07, 6.45) is 0.274. The van der Waals surface area contributed by atoms with Gasteiger partial charge in [-0.1, -0.05) is 0 Å². The van der Waals surface area contributed by atoms with Gasteiger partial charge in [-0.3, -0.25) is 4.79 Å². The van der Waals surface area contributed by atoms with E-state index < -0.39 is 0 Å². The Hall–Kier alpha value is -2.06. The highest BCUT2D eigenvalue weighted by Gasteiger charge is 2.29. The maximum atomic E-state index is 11.6. The Morgan fingerprint density at radius 1 is 1.56 bits per heavy atom. The van der Waals surface area contributed by atoms with Crippen LogP contribution in [0.1, 0.15) is 12.0 Å². The van der Waals surface area contributed by atoms with Gasteiger partial charge >= 0.3 is 0 Å². The molecule has 2 rings (SSSR count). The number of nitrogens with zero attached hydrogens (tertiary/aromatic N) is 2. The number of nitriles is 1. The zero-order chi connectivity index (χ0) is 11.7. The molecule has 0 saturated carbocycles. The van der Waals surface area contributed by atoms with E-state index in [2.05, 4.69) is 0 Å². The number of hydrogen-bond donors (Lipinski definition) is 2. The minimum atomic E-state index is -0.211. The number of rotatable bonds is 1. The Balaban J connectivity index is 2.40. The fourth-order valence-electron chi connectivity index (χ4n) is 1.78. The summed E-state index contributed by atoms with van der Waals surface area (Å²) in [5.74, 6) is -0.140. The van der Waals surface area contributed by atoms with Crippen molar-refractivity contribution < 1.29 is 9.90 Å². The minimum absolute atomic E-state index is 0.0125. The quantitative estimate of drug-likeness (QED) is 0.709. The fourth-order valence-corrected chi connectivity index (χ4v) is 1.78. The van der Waals surface area contributed by atoms with E-state index in [-0.39, 0.29) is 24.1 Å². The molecule has 1 amide bonds. The van der Waals surface area contributed by atoms with Crippen molar-refractivity contribution in [1.82, 2.24) is 0 Å². The summed E-state index contributed by atoms with van der Waals surface area (Å²) in [7, 11) is 0. The van der Waals surface area contributed by atoms with Gasteiger partial charge in [0.15, 0.2) is 0 Å². The molecule has 1 aliphatic rings. The van der Waals surface area contributed by atoms with E-state index in [1.54, 1.807) is 0 Å². The Morgan fingerprint density at radius 3 is 2.88 bits per heavy atom. The molecule has 1 aromatic carbocycles. The number of anilines is 1. The monoisotopic (exact) mass is 217 g/mol. The van der Waals surface area contributed by atoms with Crippen LogP contribution in [-0.4, -0.2) is 23.6 Å². The minimum Gasteiger partial charge on any atom is -0.506 e. The number of phenolic OH excluding ortho intramolecular Hbond substituents is 1. The van der Waals surface area contributed by atoms with E-state index in [4.69, 9.17) is 11.0 Å². The van der Waals surface area contributed by atoms with Crippen LogP contribution in [0.3, 0.4) is 0 Å². The Morgan fingerprint density at radius 2 is 2.31 bits per heavy atom. The van der Waals surface area contributed by atoms with E-state index in [9.17, 15) is 9.90 Å². The van der Waals surface area contributed by atoms with Gasteiger partial charge in [-0.25, -0.2) is 0 Å². The third kappa shape index (κ3) is 1.71. The van der Waals surface area contributed by atoms with Crippen LogP contribution >= 0.6 is 0 Å². The summed E-state index contributed by atoms with van der Waals surface area (Å²) >= 11 is 0. The van der Waals surface area contributed by atoms with Crippen molar-refractivity contribution in [2.24, 2.45) is 5.73 Å². The predicted molar refractivity (Wildman–Crippen MR) is 57.8 cm³/mol. The van der Waals surface area contributed by atoms with Gasteiger partial charge in [-0.2, -0.15) is 5.26 Å². The Labute approximate surface area is 92.7 Å². The molecule has 0 bridgehead atoms. The van der Waals surface area contributed by atoms with Crippen molar-refractivity contribution in [3.63, 3.8) is 0 Å². The second-order valence-electron chi connectivity index (χ2n) is 3.78. The van der Waals surface area contributed by atoms with E-state index in [0.717, 1.165) is 0 Å². The molecule has 0 aromatic heterocycles. The number of carbonyl (C=O) groups excluding carboxylic acids is 1. The normalized spacial score (nSPS) is 19.9. The largest absolute Gasteiger partial charge is 0.506 e. The standard InChI is InChI=1S/C11H11N3O2/c12-5-7-1-2-10(15)9(3-7)14-6-8(13)4-11(14)16/h1-3,8,15H,4,6,13H2. The molecular weight excluding hydrogens is 206 g/mol. The number of hydrogen-bond acceptors (Lipinski definition) is 4. The summed E-state index contributed by atoms with van der Waals surface area (Å²) in [4.78, 5) is 13.0. The molecule has 1 atom stereocenters. The topological polar surface area (TPSA) is 90.3 Å². The number of amides is 1. The van der Waals surface area contributed by atoms with Crippen molar-refractivity contribution in [3.8, 4) is 11.8 Å². The van der Waals surface area contributed by atoms with Crippen LogP contribution in [0.4, 0.5) is 5.69 Å². The van der Waals surface area contributed by atoms with Crippen LogP contribution in [0.15, 0.2) is 18.2 Å². The molecular formula is C11H11N3O2. The van der Waals surface area contributed by atoms with E-state index in [0.29, 0.717) is 17.8 Å². The lowest BCUT2D eigenvalue weighted by Crippen LogP contribution is -2.28. The molecule has 5 heteroatoms. The fraction of sp³-hybridized carbons (Fsp3) is 0.273. The first-order valence-corrected chi connectivity index (χ1v) is 4.91. The second-order valence-corrected chi connectivity index (χ2v) is 3.78. The average Bonchev–Trinajstić information content (AvgIpc) is 2.58. The third-order valence-electron chi connectivity index (χ3n) is 2.55. The van der Waals surface area contributed by atoms with Crippen molar-refractivity contribution in [1.29, 1.82) is 5.26 Å². The van der Waals surface area contributed by atoms with E-state index in [1.165, 1.54) is 23.1 Å². The van der Waals surface area contributed by atoms with Gasteiger partial charge in [0.25, 0.3) is 0 Å². The maximum Gasteiger partial charge on any atom is 0.228 e. The summed E-state index contributed by atoms with van der Waals surface area (Å²) in [6, 6.07) is 6.15. The lowest BCUT2D eigenvalue weighted by molar-refractivity contribution is -0.117. The molecule has 0 spiro atoms. The van der Waals surface area contributed by atoms with Crippen molar-refractivity contribution in [3.05, 3.63) is 23.8 Å². The average molecular weight is 217 g/mol. The smallest absolute Gasteiger partial charge is 0.228 e. The molecule has 1 heterocycles. The molecule has 1 unspecified atom stereocenters. The molecule has 16 heavy (non-hydrogen) atoms. The van der Waals surface area contributed by atoms with Gasteiger partial charge in [-0.15, -0.1) is 0 Å². The SMILES string of the molecule is N#Cc1ccc(O)c(N2CC(N)CC2=O)c1. The van der Waals surface area contributed by atoms with Gasteiger partial charge in [0.1, 0.15) is 5.75 Å². The predicted octanol–water partition coefficient (Wildman–Crippen LogP) is 0.328. The van der Waals surface area contributed by atoms with Crippen molar-refractivity contribution >= 4 is 11.6 Å². The first-order valence-electron chi connectivity index (χ1n) is 4.91. The van der Waals surface area contributed by atoms with Crippen LogP contribution in [0.25, 0.3) is 0 Å². The first kappa shape index (κ1) is 10.5. The molecule has 1 fully saturated rings. The molecule has 82 valence electrons. The molecule has 1 saturated heterocycles. The summed E-state index contributed by atoms with van der Waals surface area (Å²) in [5.41, 5.74) is 6.43. The highest BCUT2D eigenvalue weighted by Crippen LogP contribution is 2.31. The van der Waals surface area contributed by atoms with Gasteiger partial charge < -0.3 is 15.7 Å². The number of benzene rings is 1. The van der Waals surface area contributed by atoms with Gasteiger partial charge in [0.05, 0.1) is 17.3 Å². The maximum absolute atomic E-state index is 11.6. The van der Waals surface area contributed by atoms with Crippen LogP contribution in [0.2, 0.25) is 0 Å². The number of aromatic hydroxyl groups is 1. The summed E-state index contributed by atoms with van der Waals surface area (Å²) < 4.78 is 0. The van der Waals surface area contributed by atoms with Crippen LogP contribution in [0.5, 0.6) is 5.75 Å². The Kier molecular flexibility index (Phi) is 2.50. The van der Waals surface area contributed by atoms with Crippen LogP contribution in [0, 0.1) is 11.3 Å². The van der Waals surface area contributed by atoms with Crippen molar-refractivity contribution in [2.45, 2.75) is 12.5 Å². The molecule has 5 nitrogen and oxygen atoms in total. The summed E-state index contributed by atoms with van der Waals surface area (Å²) in [5, 5.41) is 18.4. The van der Waals surface area contributed by atoms with E-state index in [1.807, 2.05) is 6.07 Å². The van der Waals surface area contributed by atoms with Crippen molar-refractivity contribution in [2.75, 3.05) is 11.4 Å².